The van der Waals surface area contributed by atoms with Crippen molar-refractivity contribution in [3.63, 3.8) is 0 Å². The SMILES string of the molecule is COc1cccc(-c2nc3cc(C(=O)NCCCc4ncc[nH]4)ccc3nc2Cl)c1. The summed E-state index contributed by atoms with van der Waals surface area (Å²) in [5.41, 5.74) is 3.08. The number of ether oxygens (including phenoxy) is 1. The number of methoxy groups -OCH3 is 1. The fourth-order valence-corrected chi connectivity index (χ4v) is 3.36. The molecule has 0 atom stereocenters. The maximum absolute atomic E-state index is 12.5. The first-order valence-corrected chi connectivity index (χ1v) is 9.90. The van der Waals surface area contributed by atoms with Crippen molar-refractivity contribution < 1.29 is 9.53 Å². The van der Waals surface area contributed by atoms with Gasteiger partial charge in [-0.25, -0.2) is 15.0 Å². The predicted molar refractivity (Wildman–Crippen MR) is 116 cm³/mol. The molecule has 2 heterocycles. The highest BCUT2D eigenvalue weighted by atomic mass is 35.5. The number of benzene rings is 2. The number of fused-ring (bicyclic) bond motifs is 1. The van der Waals surface area contributed by atoms with Crippen LogP contribution < -0.4 is 10.1 Å². The Kier molecular flexibility index (Phi) is 5.90. The Hall–Kier alpha value is -3.45. The quantitative estimate of drug-likeness (QED) is 0.439. The molecule has 2 aromatic carbocycles. The standard InChI is InChI=1S/C22H20ClN5O2/c1-30-16-5-2-4-14(12-16)20-21(23)28-17-8-7-15(13-18(17)27-20)22(29)26-9-3-6-19-24-10-11-25-19/h2,4-5,7-8,10-13H,3,6,9H2,1H3,(H,24,25)(H,26,29). The fourth-order valence-electron chi connectivity index (χ4n) is 3.12. The lowest BCUT2D eigenvalue weighted by Crippen LogP contribution is -2.24. The van der Waals surface area contributed by atoms with Crippen LogP contribution in [0.1, 0.15) is 22.6 Å². The van der Waals surface area contributed by atoms with Gasteiger partial charge in [0.05, 0.1) is 18.1 Å². The van der Waals surface area contributed by atoms with Crippen LogP contribution in [0.15, 0.2) is 54.9 Å². The van der Waals surface area contributed by atoms with E-state index < -0.39 is 0 Å². The van der Waals surface area contributed by atoms with E-state index in [9.17, 15) is 4.79 Å². The molecular weight excluding hydrogens is 402 g/mol. The molecule has 0 radical (unpaired) electrons. The molecule has 0 aliphatic heterocycles. The third-order valence-electron chi connectivity index (χ3n) is 4.66. The lowest BCUT2D eigenvalue weighted by molar-refractivity contribution is 0.0953. The van der Waals surface area contributed by atoms with Gasteiger partial charge < -0.3 is 15.0 Å². The van der Waals surface area contributed by atoms with Crippen LogP contribution in [-0.4, -0.2) is 39.5 Å². The van der Waals surface area contributed by atoms with Gasteiger partial charge in [-0.1, -0.05) is 23.7 Å². The van der Waals surface area contributed by atoms with Gasteiger partial charge in [0, 0.05) is 36.5 Å². The lowest BCUT2D eigenvalue weighted by atomic mass is 10.1. The highest BCUT2D eigenvalue weighted by Gasteiger charge is 2.13. The molecule has 2 N–H and O–H groups in total. The summed E-state index contributed by atoms with van der Waals surface area (Å²) in [5.74, 6) is 1.45. The van der Waals surface area contributed by atoms with Crippen molar-refractivity contribution in [1.29, 1.82) is 0 Å². The number of imidazole rings is 1. The Morgan fingerprint density at radius 1 is 1.17 bits per heavy atom. The van der Waals surface area contributed by atoms with E-state index in [2.05, 4.69) is 25.3 Å². The molecule has 0 aliphatic rings. The minimum atomic E-state index is -0.156. The van der Waals surface area contributed by atoms with E-state index in [1.54, 1.807) is 37.7 Å². The molecule has 4 aromatic rings. The third kappa shape index (κ3) is 4.41. The van der Waals surface area contributed by atoms with Gasteiger partial charge in [-0.2, -0.15) is 0 Å². The fraction of sp³-hybridized carbons (Fsp3) is 0.182. The second-order valence-corrected chi connectivity index (χ2v) is 7.05. The number of H-pyrrole nitrogens is 1. The number of carbonyl (C=O) groups excluding carboxylic acids is 1. The van der Waals surface area contributed by atoms with Gasteiger partial charge in [-0.3, -0.25) is 4.79 Å². The first kappa shape index (κ1) is 19.8. The number of nitrogens with one attached hydrogen (secondary N) is 2. The highest BCUT2D eigenvalue weighted by molar-refractivity contribution is 6.32. The van der Waals surface area contributed by atoms with Crippen molar-refractivity contribution in [2.24, 2.45) is 0 Å². The number of carbonyl (C=O) groups is 1. The van der Waals surface area contributed by atoms with E-state index >= 15 is 0 Å². The van der Waals surface area contributed by atoms with Crippen LogP contribution in [0.3, 0.4) is 0 Å². The number of amides is 1. The van der Waals surface area contributed by atoms with E-state index in [1.165, 1.54) is 0 Å². The molecule has 0 bridgehead atoms. The van der Waals surface area contributed by atoms with Crippen molar-refractivity contribution in [3.05, 3.63) is 71.4 Å². The average Bonchev–Trinajstić information content (AvgIpc) is 3.29. The second kappa shape index (κ2) is 8.92. The Labute approximate surface area is 178 Å². The largest absolute Gasteiger partial charge is 0.497 e. The number of hydrogen-bond acceptors (Lipinski definition) is 5. The number of nitrogens with zero attached hydrogens (tertiary/aromatic N) is 3. The number of halogens is 1. The van der Waals surface area contributed by atoms with E-state index in [1.807, 2.05) is 24.3 Å². The zero-order valence-corrected chi connectivity index (χ0v) is 17.1. The topological polar surface area (TPSA) is 92.8 Å². The third-order valence-corrected chi connectivity index (χ3v) is 4.92. The molecule has 2 aromatic heterocycles. The van der Waals surface area contributed by atoms with E-state index in [0.29, 0.717) is 39.7 Å². The van der Waals surface area contributed by atoms with Gasteiger partial charge in [0.15, 0.2) is 5.15 Å². The molecule has 0 unspecified atom stereocenters. The molecule has 4 rings (SSSR count). The summed E-state index contributed by atoms with van der Waals surface area (Å²) in [6.45, 7) is 0.554. The molecule has 0 aliphatic carbocycles. The lowest BCUT2D eigenvalue weighted by Gasteiger charge is -2.09. The maximum Gasteiger partial charge on any atom is 0.251 e. The van der Waals surface area contributed by atoms with Crippen LogP contribution in [0.2, 0.25) is 5.15 Å². The van der Waals surface area contributed by atoms with E-state index in [4.69, 9.17) is 16.3 Å². The molecule has 1 amide bonds. The van der Waals surface area contributed by atoms with Crippen LogP contribution in [0.4, 0.5) is 0 Å². The summed E-state index contributed by atoms with van der Waals surface area (Å²) in [6, 6.07) is 12.6. The van der Waals surface area contributed by atoms with Gasteiger partial charge in [0.25, 0.3) is 5.91 Å². The number of rotatable bonds is 7. The number of hydrogen-bond donors (Lipinski definition) is 2. The molecule has 7 nitrogen and oxygen atoms in total. The van der Waals surface area contributed by atoms with Gasteiger partial charge in [-0.05, 0) is 36.8 Å². The Morgan fingerprint density at radius 3 is 2.87 bits per heavy atom. The summed E-state index contributed by atoms with van der Waals surface area (Å²) in [6.07, 6.45) is 5.08. The predicted octanol–water partition coefficient (Wildman–Crippen LogP) is 4.04. The van der Waals surface area contributed by atoms with Crippen LogP contribution in [0, 0.1) is 0 Å². The molecule has 30 heavy (non-hydrogen) atoms. The molecule has 8 heteroatoms. The van der Waals surface area contributed by atoms with Crippen molar-refractivity contribution in [1.82, 2.24) is 25.3 Å². The Bertz CT molecular complexity index is 1180. The summed E-state index contributed by atoms with van der Waals surface area (Å²) >= 11 is 6.36. The number of aromatic nitrogens is 4. The zero-order valence-electron chi connectivity index (χ0n) is 16.4. The second-order valence-electron chi connectivity index (χ2n) is 6.69. The van der Waals surface area contributed by atoms with Crippen LogP contribution >= 0.6 is 11.6 Å². The van der Waals surface area contributed by atoms with Gasteiger partial charge in [0.1, 0.15) is 17.3 Å². The minimum Gasteiger partial charge on any atom is -0.497 e. The maximum atomic E-state index is 12.5. The van der Waals surface area contributed by atoms with E-state index in [-0.39, 0.29) is 5.91 Å². The van der Waals surface area contributed by atoms with Gasteiger partial charge in [-0.15, -0.1) is 0 Å². The van der Waals surface area contributed by atoms with Crippen molar-refractivity contribution >= 4 is 28.5 Å². The van der Waals surface area contributed by atoms with Crippen LogP contribution in [0.25, 0.3) is 22.3 Å². The number of aromatic amines is 1. The van der Waals surface area contributed by atoms with E-state index in [0.717, 1.165) is 24.2 Å². The molecule has 0 spiro atoms. The minimum absolute atomic E-state index is 0.156. The monoisotopic (exact) mass is 421 g/mol. The molecular formula is C22H20ClN5O2. The Morgan fingerprint density at radius 2 is 2.07 bits per heavy atom. The molecule has 152 valence electrons. The first-order chi connectivity index (χ1) is 14.6. The summed E-state index contributed by atoms with van der Waals surface area (Å²) in [7, 11) is 1.60. The molecule has 0 saturated carbocycles. The smallest absolute Gasteiger partial charge is 0.251 e. The normalized spacial score (nSPS) is 10.9. The van der Waals surface area contributed by atoms with Gasteiger partial charge >= 0.3 is 0 Å². The molecule has 0 saturated heterocycles. The molecule has 0 fully saturated rings. The highest BCUT2D eigenvalue weighted by Crippen LogP contribution is 2.29. The van der Waals surface area contributed by atoms with Crippen molar-refractivity contribution in [2.45, 2.75) is 12.8 Å². The summed E-state index contributed by atoms with van der Waals surface area (Å²) in [4.78, 5) is 28.8. The Balaban J connectivity index is 1.52. The average molecular weight is 422 g/mol. The number of aryl methyl sites for hydroxylation is 1. The van der Waals surface area contributed by atoms with Gasteiger partial charge in [0.2, 0.25) is 0 Å². The van der Waals surface area contributed by atoms with Crippen LogP contribution in [0.5, 0.6) is 5.75 Å². The van der Waals surface area contributed by atoms with Crippen LogP contribution in [-0.2, 0) is 6.42 Å². The zero-order chi connectivity index (χ0) is 20.9. The first-order valence-electron chi connectivity index (χ1n) is 9.52. The van der Waals surface area contributed by atoms with Crippen molar-refractivity contribution in [3.8, 4) is 17.0 Å². The summed E-state index contributed by atoms with van der Waals surface area (Å²) in [5, 5.41) is 3.22. The van der Waals surface area contributed by atoms with Crippen molar-refractivity contribution in [2.75, 3.05) is 13.7 Å². The summed E-state index contributed by atoms with van der Waals surface area (Å²) < 4.78 is 5.27.